The average molecular weight is 282 g/mol. The summed E-state index contributed by atoms with van der Waals surface area (Å²) in [5, 5.41) is 6.11. The maximum atomic E-state index is 11.9. The van der Waals surface area contributed by atoms with Gasteiger partial charge in [0.2, 0.25) is 5.91 Å². The molecule has 2 aromatic rings. The van der Waals surface area contributed by atoms with E-state index < -0.39 is 0 Å². The number of hydrogen-bond acceptors (Lipinski definition) is 2. The van der Waals surface area contributed by atoms with Gasteiger partial charge in [-0.3, -0.25) is 4.79 Å². The summed E-state index contributed by atoms with van der Waals surface area (Å²) in [5.41, 5.74) is 5.61. The molecule has 3 nitrogen and oxygen atoms in total. The minimum atomic E-state index is -0.0178. The van der Waals surface area contributed by atoms with Crippen LogP contribution in [0.5, 0.6) is 0 Å². The Morgan fingerprint density at radius 2 is 1.71 bits per heavy atom. The third-order valence-corrected chi connectivity index (χ3v) is 3.61. The van der Waals surface area contributed by atoms with Gasteiger partial charge in [-0.15, -0.1) is 0 Å². The molecule has 2 rings (SSSR count). The van der Waals surface area contributed by atoms with Crippen molar-refractivity contribution >= 4 is 11.6 Å². The van der Waals surface area contributed by atoms with E-state index >= 15 is 0 Å². The van der Waals surface area contributed by atoms with Crippen molar-refractivity contribution in [2.75, 3.05) is 11.9 Å². The average Bonchev–Trinajstić information content (AvgIpc) is 2.46. The molecular formula is C18H22N2O. The van der Waals surface area contributed by atoms with Gasteiger partial charge in [-0.2, -0.15) is 0 Å². The molecule has 0 aliphatic heterocycles. The SMILES string of the molecule is Cc1ccc(CNCC(=O)Nc2cccc(C)c2C)cc1. The normalized spacial score (nSPS) is 10.4. The van der Waals surface area contributed by atoms with Crippen LogP contribution in [0, 0.1) is 20.8 Å². The first-order chi connectivity index (χ1) is 10.1. The first-order valence-corrected chi connectivity index (χ1v) is 7.18. The number of hydrogen-bond donors (Lipinski definition) is 2. The lowest BCUT2D eigenvalue weighted by Crippen LogP contribution is -2.28. The highest BCUT2D eigenvalue weighted by atomic mass is 16.1. The molecule has 0 unspecified atom stereocenters. The Bertz CT molecular complexity index is 618. The quantitative estimate of drug-likeness (QED) is 0.883. The van der Waals surface area contributed by atoms with E-state index in [2.05, 4.69) is 41.8 Å². The number of anilines is 1. The van der Waals surface area contributed by atoms with Crippen LogP contribution >= 0.6 is 0 Å². The van der Waals surface area contributed by atoms with Gasteiger partial charge in [0.25, 0.3) is 0 Å². The first-order valence-electron chi connectivity index (χ1n) is 7.18. The van der Waals surface area contributed by atoms with Crippen molar-refractivity contribution in [2.24, 2.45) is 0 Å². The molecule has 0 heterocycles. The van der Waals surface area contributed by atoms with Crippen LogP contribution in [-0.2, 0) is 11.3 Å². The lowest BCUT2D eigenvalue weighted by Gasteiger charge is -2.11. The summed E-state index contributed by atoms with van der Waals surface area (Å²) in [6.45, 7) is 7.13. The summed E-state index contributed by atoms with van der Waals surface area (Å²) in [7, 11) is 0. The van der Waals surface area contributed by atoms with Crippen molar-refractivity contribution in [1.82, 2.24) is 5.32 Å². The third kappa shape index (κ3) is 4.43. The molecule has 0 atom stereocenters. The molecule has 0 saturated heterocycles. The minimum Gasteiger partial charge on any atom is -0.325 e. The van der Waals surface area contributed by atoms with Crippen molar-refractivity contribution < 1.29 is 4.79 Å². The molecule has 0 saturated carbocycles. The molecule has 0 aromatic heterocycles. The summed E-state index contributed by atoms with van der Waals surface area (Å²) in [5.74, 6) is -0.0178. The standard InChI is InChI=1S/C18H22N2O/c1-13-7-9-16(10-8-13)11-19-12-18(21)20-17-6-4-5-14(2)15(17)3/h4-10,19H,11-12H2,1-3H3,(H,20,21). The second-order valence-corrected chi connectivity index (χ2v) is 5.38. The lowest BCUT2D eigenvalue weighted by molar-refractivity contribution is -0.115. The Kier molecular flexibility index (Phi) is 5.12. The van der Waals surface area contributed by atoms with E-state index in [1.165, 1.54) is 16.7 Å². The predicted molar refractivity (Wildman–Crippen MR) is 87.4 cm³/mol. The topological polar surface area (TPSA) is 41.1 Å². The van der Waals surface area contributed by atoms with Gasteiger partial charge < -0.3 is 10.6 Å². The largest absolute Gasteiger partial charge is 0.325 e. The maximum absolute atomic E-state index is 11.9. The van der Waals surface area contributed by atoms with Crippen molar-refractivity contribution in [3.05, 3.63) is 64.7 Å². The number of carbonyl (C=O) groups is 1. The van der Waals surface area contributed by atoms with E-state index in [1.54, 1.807) is 0 Å². The van der Waals surface area contributed by atoms with Crippen molar-refractivity contribution in [2.45, 2.75) is 27.3 Å². The Balaban J connectivity index is 1.82. The number of aryl methyl sites for hydroxylation is 2. The third-order valence-electron chi connectivity index (χ3n) is 3.61. The molecule has 110 valence electrons. The number of amides is 1. The molecule has 0 spiro atoms. The van der Waals surface area contributed by atoms with Gasteiger partial charge in [0.1, 0.15) is 0 Å². The molecule has 0 bridgehead atoms. The number of nitrogens with one attached hydrogen (secondary N) is 2. The van der Waals surface area contributed by atoms with Gasteiger partial charge in [-0.05, 0) is 43.5 Å². The first kappa shape index (κ1) is 15.3. The zero-order valence-corrected chi connectivity index (χ0v) is 12.9. The van der Waals surface area contributed by atoms with Gasteiger partial charge in [-0.1, -0.05) is 42.0 Å². The van der Waals surface area contributed by atoms with E-state index in [4.69, 9.17) is 0 Å². The molecule has 3 heteroatoms. The van der Waals surface area contributed by atoms with Gasteiger partial charge in [-0.25, -0.2) is 0 Å². The highest BCUT2D eigenvalue weighted by Crippen LogP contribution is 2.17. The molecule has 2 N–H and O–H groups in total. The summed E-state index contributed by atoms with van der Waals surface area (Å²) in [6, 6.07) is 14.2. The Labute approximate surface area is 126 Å². The fourth-order valence-electron chi connectivity index (χ4n) is 2.11. The molecule has 21 heavy (non-hydrogen) atoms. The van der Waals surface area contributed by atoms with Crippen LogP contribution in [0.1, 0.15) is 22.3 Å². The van der Waals surface area contributed by atoms with Crippen LogP contribution in [0.4, 0.5) is 5.69 Å². The van der Waals surface area contributed by atoms with E-state index in [9.17, 15) is 4.79 Å². The highest BCUT2D eigenvalue weighted by molar-refractivity contribution is 5.93. The molecule has 0 radical (unpaired) electrons. The van der Waals surface area contributed by atoms with Crippen molar-refractivity contribution in [1.29, 1.82) is 0 Å². The second-order valence-electron chi connectivity index (χ2n) is 5.38. The summed E-state index contributed by atoms with van der Waals surface area (Å²) in [6.07, 6.45) is 0. The Morgan fingerprint density at radius 3 is 2.43 bits per heavy atom. The highest BCUT2D eigenvalue weighted by Gasteiger charge is 2.05. The predicted octanol–water partition coefficient (Wildman–Crippen LogP) is 3.34. The lowest BCUT2D eigenvalue weighted by atomic mass is 10.1. The molecular weight excluding hydrogens is 260 g/mol. The molecule has 0 fully saturated rings. The number of carbonyl (C=O) groups excluding carboxylic acids is 1. The Hall–Kier alpha value is -2.13. The van der Waals surface area contributed by atoms with Crippen LogP contribution in [0.15, 0.2) is 42.5 Å². The van der Waals surface area contributed by atoms with E-state index in [-0.39, 0.29) is 5.91 Å². The zero-order valence-electron chi connectivity index (χ0n) is 12.9. The van der Waals surface area contributed by atoms with Gasteiger partial charge in [0.15, 0.2) is 0 Å². The van der Waals surface area contributed by atoms with Gasteiger partial charge in [0, 0.05) is 12.2 Å². The molecule has 1 amide bonds. The minimum absolute atomic E-state index is 0.0178. The van der Waals surface area contributed by atoms with Gasteiger partial charge in [0.05, 0.1) is 6.54 Å². The monoisotopic (exact) mass is 282 g/mol. The molecule has 0 aliphatic carbocycles. The van der Waals surface area contributed by atoms with E-state index in [0.717, 1.165) is 11.3 Å². The number of rotatable bonds is 5. The zero-order chi connectivity index (χ0) is 15.2. The summed E-state index contributed by atoms with van der Waals surface area (Å²) >= 11 is 0. The summed E-state index contributed by atoms with van der Waals surface area (Å²) < 4.78 is 0. The van der Waals surface area contributed by atoms with E-state index in [0.29, 0.717) is 13.1 Å². The second kappa shape index (κ2) is 7.04. The van der Waals surface area contributed by atoms with Crippen LogP contribution in [0.2, 0.25) is 0 Å². The maximum Gasteiger partial charge on any atom is 0.238 e. The van der Waals surface area contributed by atoms with Crippen LogP contribution in [0.25, 0.3) is 0 Å². The number of benzene rings is 2. The molecule has 2 aromatic carbocycles. The molecule has 0 aliphatic rings. The van der Waals surface area contributed by atoms with Crippen LogP contribution in [0.3, 0.4) is 0 Å². The summed E-state index contributed by atoms with van der Waals surface area (Å²) in [4.78, 5) is 11.9. The van der Waals surface area contributed by atoms with E-state index in [1.807, 2.05) is 32.0 Å². The fraction of sp³-hybridized carbons (Fsp3) is 0.278. The van der Waals surface area contributed by atoms with Crippen LogP contribution in [-0.4, -0.2) is 12.5 Å². The Morgan fingerprint density at radius 1 is 1.00 bits per heavy atom. The van der Waals surface area contributed by atoms with Crippen molar-refractivity contribution in [3.63, 3.8) is 0 Å². The van der Waals surface area contributed by atoms with Crippen molar-refractivity contribution in [3.8, 4) is 0 Å². The van der Waals surface area contributed by atoms with Gasteiger partial charge >= 0.3 is 0 Å². The van der Waals surface area contributed by atoms with Crippen LogP contribution < -0.4 is 10.6 Å². The smallest absolute Gasteiger partial charge is 0.238 e. The fourth-order valence-corrected chi connectivity index (χ4v) is 2.11.